The first-order valence-corrected chi connectivity index (χ1v) is 9.91. The van der Waals surface area contributed by atoms with E-state index >= 15 is 0 Å². The molecular formula is C21H23ClN2OS. The monoisotopic (exact) mass is 386 g/mol. The molecule has 0 fully saturated rings. The Balaban J connectivity index is 1.73. The van der Waals surface area contributed by atoms with E-state index < -0.39 is 0 Å². The van der Waals surface area contributed by atoms with Crippen LogP contribution in [0, 0.1) is 6.92 Å². The van der Waals surface area contributed by atoms with E-state index in [1.807, 2.05) is 36.9 Å². The molecule has 0 radical (unpaired) electrons. The lowest BCUT2D eigenvalue weighted by Crippen LogP contribution is -2.13. The quantitative estimate of drug-likeness (QED) is 0.468. The van der Waals surface area contributed by atoms with E-state index in [1.165, 1.54) is 11.1 Å². The normalized spacial score (nSPS) is 12.1. The number of thioether (sulfide) groups is 1. The first-order chi connectivity index (χ1) is 12.6. The molecule has 0 aliphatic rings. The summed E-state index contributed by atoms with van der Waals surface area (Å²) in [6, 6.07) is 14.6. The molecule has 1 heterocycles. The summed E-state index contributed by atoms with van der Waals surface area (Å²) < 4.78 is 7.48. The summed E-state index contributed by atoms with van der Waals surface area (Å²) >= 11 is 8.22. The van der Waals surface area contributed by atoms with Crippen LogP contribution in [0.3, 0.4) is 0 Å². The first-order valence-electron chi connectivity index (χ1n) is 8.65. The molecule has 2 aromatic carbocycles. The number of aromatic nitrogens is 2. The Morgan fingerprint density at radius 2 is 2.00 bits per heavy atom. The Hall–Kier alpha value is -1.91. The molecule has 0 saturated carbocycles. The Kier molecular flexibility index (Phi) is 6.64. The van der Waals surface area contributed by atoms with Crippen LogP contribution < -0.4 is 4.74 Å². The highest BCUT2D eigenvalue weighted by Crippen LogP contribution is 2.35. The van der Waals surface area contributed by atoms with E-state index in [9.17, 15) is 0 Å². The van der Waals surface area contributed by atoms with Gasteiger partial charge in [0.15, 0.2) is 0 Å². The van der Waals surface area contributed by atoms with E-state index in [4.69, 9.17) is 16.3 Å². The molecule has 1 unspecified atom stereocenters. The second-order valence-electron chi connectivity index (χ2n) is 6.32. The second-order valence-corrected chi connectivity index (χ2v) is 8.07. The van der Waals surface area contributed by atoms with E-state index in [0.29, 0.717) is 5.25 Å². The largest absolute Gasteiger partial charge is 0.497 e. The second kappa shape index (κ2) is 9.15. The van der Waals surface area contributed by atoms with Gasteiger partial charge in [-0.05, 0) is 43.5 Å². The van der Waals surface area contributed by atoms with E-state index in [0.717, 1.165) is 35.1 Å². The molecule has 0 aliphatic heterocycles. The predicted octanol–water partition coefficient (Wildman–Crippen LogP) is 5.65. The Bertz CT molecular complexity index is 819. The van der Waals surface area contributed by atoms with Gasteiger partial charge in [-0.1, -0.05) is 41.4 Å². The Morgan fingerprint density at radius 3 is 2.69 bits per heavy atom. The Morgan fingerprint density at radius 1 is 1.19 bits per heavy atom. The van der Waals surface area contributed by atoms with Crippen molar-refractivity contribution >= 4 is 23.4 Å². The van der Waals surface area contributed by atoms with Crippen LogP contribution in [0.2, 0.25) is 5.02 Å². The maximum atomic E-state index is 6.42. The van der Waals surface area contributed by atoms with Crippen LogP contribution in [-0.2, 0) is 13.0 Å². The fraction of sp³-hybridized carbons (Fsp3) is 0.286. The van der Waals surface area contributed by atoms with Gasteiger partial charge in [0.25, 0.3) is 0 Å². The number of nitrogens with zero attached hydrogens (tertiary/aromatic N) is 2. The van der Waals surface area contributed by atoms with Gasteiger partial charge in [0.05, 0.1) is 18.5 Å². The molecule has 3 rings (SSSR count). The molecule has 0 saturated heterocycles. The number of rotatable bonds is 8. The van der Waals surface area contributed by atoms with Crippen molar-refractivity contribution in [3.63, 3.8) is 0 Å². The number of imidazole rings is 1. The predicted molar refractivity (Wildman–Crippen MR) is 109 cm³/mol. The molecule has 26 heavy (non-hydrogen) atoms. The molecular weight excluding hydrogens is 364 g/mol. The van der Waals surface area contributed by atoms with Gasteiger partial charge in [-0.25, -0.2) is 4.98 Å². The molecule has 1 aromatic heterocycles. The topological polar surface area (TPSA) is 27.1 Å². The van der Waals surface area contributed by atoms with Crippen molar-refractivity contribution in [3.05, 3.63) is 77.3 Å². The lowest BCUT2D eigenvalue weighted by Gasteiger charge is -2.18. The minimum absolute atomic E-state index is 0.384. The van der Waals surface area contributed by atoms with Crippen LogP contribution in [0.15, 0.2) is 66.1 Å². The molecule has 3 nitrogen and oxygen atoms in total. The average molecular weight is 387 g/mol. The third-order valence-electron chi connectivity index (χ3n) is 4.28. The van der Waals surface area contributed by atoms with Crippen molar-refractivity contribution in [2.45, 2.75) is 36.5 Å². The molecule has 5 heteroatoms. The minimum Gasteiger partial charge on any atom is -0.497 e. The van der Waals surface area contributed by atoms with Crippen LogP contribution in [0.4, 0.5) is 0 Å². The first kappa shape index (κ1) is 18.9. The van der Waals surface area contributed by atoms with Crippen LogP contribution in [0.5, 0.6) is 5.75 Å². The number of aryl methyl sites for hydroxylation is 2. The third kappa shape index (κ3) is 5.29. The number of hydrogen-bond donors (Lipinski definition) is 0. The van der Waals surface area contributed by atoms with E-state index in [1.54, 1.807) is 18.9 Å². The number of benzene rings is 2. The third-order valence-corrected chi connectivity index (χ3v) is 6.03. The molecule has 136 valence electrons. The van der Waals surface area contributed by atoms with Crippen molar-refractivity contribution < 1.29 is 4.74 Å². The van der Waals surface area contributed by atoms with E-state index in [2.05, 4.69) is 40.7 Å². The van der Waals surface area contributed by atoms with Crippen LogP contribution >= 0.6 is 23.4 Å². The van der Waals surface area contributed by atoms with Gasteiger partial charge in [-0.2, -0.15) is 0 Å². The summed E-state index contributed by atoms with van der Waals surface area (Å²) in [6.45, 7) is 3.01. The van der Waals surface area contributed by atoms with Crippen molar-refractivity contribution in [2.75, 3.05) is 7.11 Å². The van der Waals surface area contributed by atoms with Gasteiger partial charge in [0, 0.05) is 29.1 Å². The lowest BCUT2D eigenvalue weighted by molar-refractivity contribution is 0.413. The zero-order chi connectivity index (χ0) is 18.4. The highest BCUT2D eigenvalue weighted by Gasteiger charge is 2.15. The fourth-order valence-electron chi connectivity index (χ4n) is 2.78. The maximum Gasteiger partial charge on any atom is 0.120 e. The highest BCUT2D eigenvalue weighted by atomic mass is 35.5. The standard InChI is InChI=1S/C21H23ClN2OS/c1-16-3-5-17(6-4-16)7-9-19(14-24-12-11-23-15-24)26-21-13-18(25-2)8-10-20(21)22/h3-6,8,10-13,15,19H,7,9,14H2,1-2H3. The summed E-state index contributed by atoms with van der Waals surface area (Å²) in [5.41, 5.74) is 2.66. The number of methoxy groups -OCH3 is 1. The van der Waals surface area contributed by atoms with Crippen molar-refractivity contribution in [3.8, 4) is 5.75 Å². The highest BCUT2D eigenvalue weighted by molar-refractivity contribution is 8.00. The molecule has 0 aliphatic carbocycles. The van der Waals surface area contributed by atoms with E-state index in [-0.39, 0.29) is 0 Å². The summed E-state index contributed by atoms with van der Waals surface area (Å²) in [5, 5.41) is 1.15. The van der Waals surface area contributed by atoms with Crippen molar-refractivity contribution in [2.24, 2.45) is 0 Å². The average Bonchev–Trinajstić information content (AvgIpc) is 3.16. The number of hydrogen-bond acceptors (Lipinski definition) is 3. The van der Waals surface area contributed by atoms with Crippen LogP contribution in [0.25, 0.3) is 0 Å². The minimum atomic E-state index is 0.384. The maximum absolute atomic E-state index is 6.42. The molecule has 1 atom stereocenters. The zero-order valence-corrected chi connectivity index (χ0v) is 16.6. The molecule has 0 spiro atoms. The summed E-state index contributed by atoms with van der Waals surface area (Å²) in [4.78, 5) is 5.22. The lowest BCUT2D eigenvalue weighted by atomic mass is 10.1. The summed E-state index contributed by atoms with van der Waals surface area (Å²) in [5.74, 6) is 0.830. The molecule has 0 N–H and O–H groups in total. The molecule has 0 amide bonds. The number of halogens is 1. The van der Waals surface area contributed by atoms with Crippen LogP contribution in [-0.4, -0.2) is 21.9 Å². The fourth-order valence-corrected chi connectivity index (χ4v) is 4.24. The molecule has 0 bridgehead atoms. The van der Waals surface area contributed by atoms with Gasteiger partial charge in [-0.3, -0.25) is 0 Å². The Labute approximate surface area is 164 Å². The van der Waals surface area contributed by atoms with Crippen LogP contribution in [0.1, 0.15) is 17.5 Å². The summed E-state index contributed by atoms with van der Waals surface area (Å²) in [7, 11) is 1.68. The molecule has 3 aromatic rings. The SMILES string of the molecule is COc1ccc(Cl)c(SC(CCc2ccc(C)cc2)Cn2ccnc2)c1. The van der Waals surface area contributed by atoms with Gasteiger partial charge in [0.1, 0.15) is 5.75 Å². The van der Waals surface area contributed by atoms with Gasteiger partial charge in [0.2, 0.25) is 0 Å². The number of ether oxygens (including phenoxy) is 1. The zero-order valence-electron chi connectivity index (χ0n) is 15.1. The summed E-state index contributed by atoms with van der Waals surface area (Å²) in [6.07, 6.45) is 7.78. The van der Waals surface area contributed by atoms with Crippen molar-refractivity contribution in [1.29, 1.82) is 0 Å². The van der Waals surface area contributed by atoms with Crippen molar-refractivity contribution in [1.82, 2.24) is 9.55 Å². The van der Waals surface area contributed by atoms with Gasteiger partial charge >= 0.3 is 0 Å². The van der Waals surface area contributed by atoms with Gasteiger partial charge in [-0.15, -0.1) is 11.8 Å². The smallest absolute Gasteiger partial charge is 0.120 e. The van der Waals surface area contributed by atoms with Gasteiger partial charge < -0.3 is 9.30 Å².